The first-order chi connectivity index (χ1) is 8.66. The van der Waals surface area contributed by atoms with Gasteiger partial charge in [0.05, 0.1) is 0 Å². The Hall–Kier alpha value is -1.40. The van der Waals surface area contributed by atoms with E-state index >= 15 is 0 Å². The summed E-state index contributed by atoms with van der Waals surface area (Å²) >= 11 is 3.21. The van der Waals surface area contributed by atoms with Gasteiger partial charge in [-0.15, -0.1) is 0 Å². The zero-order chi connectivity index (χ0) is 13.0. The Morgan fingerprint density at radius 3 is 2.89 bits per heavy atom. The van der Waals surface area contributed by atoms with Gasteiger partial charge in [0.2, 0.25) is 5.91 Å². The van der Waals surface area contributed by atoms with Crippen molar-refractivity contribution in [1.29, 1.82) is 0 Å². The van der Waals surface area contributed by atoms with Crippen LogP contribution in [0.1, 0.15) is 12.0 Å². The van der Waals surface area contributed by atoms with E-state index in [2.05, 4.69) is 26.4 Å². The molecule has 0 spiro atoms. The second kappa shape index (κ2) is 5.97. The van der Waals surface area contributed by atoms with Crippen molar-refractivity contribution >= 4 is 26.5 Å². The number of nitrogens with one attached hydrogen (secondary N) is 1. The first-order valence-corrected chi connectivity index (χ1v) is 6.41. The molecule has 96 valence electrons. The Morgan fingerprint density at radius 2 is 2.28 bits per heavy atom. The third-order valence-corrected chi connectivity index (χ3v) is 3.14. The van der Waals surface area contributed by atoms with Crippen LogP contribution in [0.2, 0.25) is 0 Å². The highest BCUT2D eigenvalue weighted by Crippen LogP contribution is 2.16. The van der Waals surface area contributed by atoms with Gasteiger partial charge in [0.1, 0.15) is 10.7 Å². The highest BCUT2D eigenvalue weighted by atomic mass is 79.9. The Balaban J connectivity index is 1.81. The fraction of sp³-hybridized carbons (Fsp3) is 0.333. The average Bonchev–Trinajstić information content (AvgIpc) is 2.83. The summed E-state index contributed by atoms with van der Waals surface area (Å²) in [7, 11) is 0. The van der Waals surface area contributed by atoms with Crippen molar-refractivity contribution in [2.75, 3.05) is 0 Å². The number of oxime groups is 1. The molecule has 1 aromatic carbocycles. The molecule has 1 amide bonds. The van der Waals surface area contributed by atoms with Gasteiger partial charge in [0.25, 0.3) is 0 Å². The number of benzene rings is 1. The molecule has 1 aliphatic rings. The van der Waals surface area contributed by atoms with Crippen molar-refractivity contribution in [3.05, 3.63) is 35.9 Å². The van der Waals surface area contributed by atoms with Gasteiger partial charge < -0.3 is 15.9 Å². The fourth-order valence-corrected chi connectivity index (χ4v) is 2.03. The smallest absolute Gasteiger partial charge is 0.241 e. The van der Waals surface area contributed by atoms with E-state index in [0.717, 1.165) is 5.56 Å². The first kappa shape index (κ1) is 13.0. The summed E-state index contributed by atoms with van der Waals surface area (Å²) in [4.78, 5) is 16.9. The van der Waals surface area contributed by atoms with Crippen LogP contribution >= 0.6 is 15.9 Å². The molecule has 1 heterocycles. The van der Waals surface area contributed by atoms with Gasteiger partial charge in [-0.3, -0.25) is 4.79 Å². The lowest BCUT2D eigenvalue weighted by atomic mass is 10.1. The summed E-state index contributed by atoms with van der Waals surface area (Å²) in [5, 5.41) is 6.49. The molecule has 0 radical (unpaired) electrons. The number of halogens is 1. The van der Waals surface area contributed by atoms with E-state index in [1.807, 2.05) is 30.3 Å². The SMILES string of the molecule is N[C@H](C(=O)NCc1ccccc1)[C@@H]1CC(Br)=NO1. The zero-order valence-corrected chi connectivity index (χ0v) is 11.3. The van der Waals surface area contributed by atoms with Crippen molar-refractivity contribution in [3.63, 3.8) is 0 Å². The molecule has 3 N–H and O–H groups in total. The number of nitrogens with zero attached hydrogens (tertiary/aromatic N) is 1. The molecule has 2 rings (SSSR count). The number of nitrogens with two attached hydrogens (primary N) is 1. The van der Waals surface area contributed by atoms with Gasteiger partial charge in [-0.25, -0.2) is 0 Å². The third-order valence-electron chi connectivity index (χ3n) is 2.67. The molecular formula is C12H14BrN3O2. The van der Waals surface area contributed by atoms with Gasteiger partial charge in [-0.1, -0.05) is 35.5 Å². The molecule has 2 atom stereocenters. The van der Waals surface area contributed by atoms with Gasteiger partial charge in [0.15, 0.2) is 6.10 Å². The number of carbonyl (C=O) groups is 1. The van der Waals surface area contributed by atoms with Crippen LogP contribution in [-0.4, -0.2) is 22.7 Å². The number of hydrogen-bond acceptors (Lipinski definition) is 4. The Bertz CT molecular complexity index is 450. The predicted octanol–water partition coefficient (Wildman–Crippen LogP) is 1.13. The normalized spacial score (nSPS) is 19.9. The monoisotopic (exact) mass is 311 g/mol. The lowest BCUT2D eigenvalue weighted by Crippen LogP contribution is -2.48. The molecule has 0 aliphatic carbocycles. The molecule has 5 nitrogen and oxygen atoms in total. The largest absolute Gasteiger partial charge is 0.389 e. The number of rotatable bonds is 4. The van der Waals surface area contributed by atoms with Crippen LogP contribution in [0.3, 0.4) is 0 Å². The quantitative estimate of drug-likeness (QED) is 0.875. The van der Waals surface area contributed by atoms with Crippen LogP contribution < -0.4 is 11.1 Å². The molecule has 0 bridgehead atoms. The van der Waals surface area contributed by atoms with E-state index in [0.29, 0.717) is 17.6 Å². The molecular weight excluding hydrogens is 298 g/mol. The summed E-state index contributed by atoms with van der Waals surface area (Å²) in [5.74, 6) is -0.235. The van der Waals surface area contributed by atoms with Crippen LogP contribution in [0.25, 0.3) is 0 Å². The van der Waals surface area contributed by atoms with Crippen LogP contribution in [0.15, 0.2) is 35.5 Å². The summed E-state index contributed by atoms with van der Waals surface area (Å²) in [6.07, 6.45) is 0.134. The number of carbonyl (C=O) groups excluding carboxylic acids is 1. The van der Waals surface area contributed by atoms with Crippen molar-refractivity contribution in [2.45, 2.75) is 25.1 Å². The van der Waals surface area contributed by atoms with E-state index in [1.165, 1.54) is 0 Å². The van der Waals surface area contributed by atoms with E-state index in [9.17, 15) is 4.79 Å². The summed E-state index contributed by atoms with van der Waals surface area (Å²) in [6, 6.07) is 8.94. The minimum atomic E-state index is -0.715. The van der Waals surface area contributed by atoms with Crippen LogP contribution in [0, 0.1) is 0 Å². The fourth-order valence-electron chi connectivity index (χ4n) is 1.63. The lowest BCUT2D eigenvalue weighted by molar-refractivity contribution is -0.125. The van der Waals surface area contributed by atoms with Crippen molar-refractivity contribution in [2.24, 2.45) is 10.9 Å². The molecule has 1 aliphatic heterocycles. The van der Waals surface area contributed by atoms with E-state index in [4.69, 9.17) is 10.6 Å². The van der Waals surface area contributed by atoms with E-state index in [1.54, 1.807) is 0 Å². The standard InChI is InChI=1S/C12H14BrN3O2/c13-10-6-9(18-16-10)11(14)12(17)15-7-8-4-2-1-3-5-8/h1-5,9,11H,6-7,14H2,(H,15,17)/t9-,11-/m0/s1. The van der Waals surface area contributed by atoms with Gasteiger partial charge in [0, 0.05) is 13.0 Å². The molecule has 18 heavy (non-hydrogen) atoms. The van der Waals surface area contributed by atoms with E-state index in [-0.39, 0.29) is 5.91 Å². The van der Waals surface area contributed by atoms with E-state index < -0.39 is 12.1 Å². The maximum absolute atomic E-state index is 11.8. The van der Waals surface area contributed by atoms with Crippen molar-refractivity contribution in [3.8, 4) is 0 Å². The van der Waals surface area contributed by atoms with Crippen LogP contribution in [0.4, 0.5) is 0 Å². The lowest BCUT2D eigenvalue weighted by Gasteiger charge is -2.16. The highest BCUT2D eigenvalue weighted by Gasteiger charge is 2.30. The maximum atomic E-state index is 11.8. The molecule has 6 heteroatoms. The second-order valence-electron chi connectivity index (χ2n) is 4.04. The average molecular weight is 312 g/mol. The Labute approximate surface area is 113 Å². The number of hydrogen-bond donors (Lipinski definition) is 2. The number of amides is 1. The maximum Gasteiger partial charge on any atom is 0.241 e. The summed E-state index contributed by atoms with van der Waals surface area (Å²) in [6.45, 7) is 0.460. The van der Waals surface area contributed by atoms with Gasteiger partial charge >= 0.3 is 0 Å². The Kier molecular flexibility index (Phi) is 4.33. The van der Waals surface area contributed by atoms with Crippen molar-refractivity contribution in [1.82, 2.24) is 5.32 Å². The second-order valence-corrected chi connectivity index (χ2v) is 4.96. The first-order valence-electron chi connectivity index (χ1n) is 5.62. The third kappa shape index (κ3) is 3.30. The molecule has 0 saturated heterocycles. The minimum Gasteiger partial charge on any atom is -0.389 e. The molecule has 1 aromatic rings. The molecule has 0 saturated carbocycles. The topological polar surface area (TPSA) is 76.7 Å². The molecule has 0 fully saturated rings. The molecule has 0 unspecified atom stereocenters. The Morgan fingerprint density at radius 1 is 1.56 bits per heavy atom. The highest BCUT2D eigenvalue weighted by molar-refractivity contribution is 9.18. The summed E-state index contributed by atoms with van der Waals surface area (Å²) < 4.78 is 0.679. The predicted molar refractivity (Wildman–Crippen MR) is 72.1 cm³/mol. The van der Waals surface area contributed by atoms with Crippen molar-refractivity contribution < 1.29 is 9.63 Å². The minimum absolute atomic E-state index is 0.235. The van der Waals surface area contributed by atoms with Crippen LogP contribution in [0.5, 0.6) is 0 Å². The van der Waals surface area contributed by atoms with Gasteiger partial charge in [-0.2, -0.15) is 0 Å². The van der Waals surface area contributed by atoms with Gasteiger partial charge in [-0.05, 0) is 21.5 Å². The summed E-state index contributed by atoms with van der Waals surface area (Å²) in [5.41, 5.74) is 6.85. The van der Waals surface area contributed by atoms with Crippen LogP contribution in [-0.2, 0) is 16.2 Å². The molecule has 0 aromatic heterocycles. The zero-order valence-electron chi connectivity index (χ0n) is 9.67.